The van der Waals surface area contributed by atoms with Gasteiger partial charge in [0.1, 0.15) is 0 Å². The quantitative estimate of drug-likeness (QED) is 0.772. The number of fused-ring (bicyclic) bond motifs is 2. The molecule has 2 bridgehead atoms. The van der Waals surface area contributed by atoms with Crippen molar-refractivity contribution in [2.24, 2.45) is 23.5 Å². The third kappa shape index (κ3) is 2.41. The molecule has 4 heteroatoms. The van der Waals surface area contributed by atoms with Gasteiger partial charge >= 0.3 is 0 Å². The number of carbonyl (C=O) groups is 1. The van der Waals surface area contributed by atoms with Crippen LogP contribution in [0.1, 0.15) is 38.5 Å². The number of amides is 1. The summed E-state index contributed by atoms with van der Waals surface area (Å²) in [6, 6.07) is 0.731. The Morgan fingerprint density at radius 1 is 1.17 bits per heavy atom. The van der Waals surface area contributed by atoms with Crippen LogP contribution >= 0.6 is 0 Å². The summed E-state index contributed by atoms with van der Waals surface area (Å²) < 4.78 is 5.30. The second kappa shape index (κ2) is 5.17. The van der Waals surface area contributed by atoms with Crippen molar-refractivity contribution >= 4 is 5.91 Å². The molecule has 4 nitrogen and oxygen atoms in total. The molecule has 2 aliphatic carbocycles. The van der Waals surface area contributed by atoms with Gasteiger partial charge in [0.15, 0.2) is 0 Å². The number of hydrogen-bond donors (Lipinski definition) is 2. The van der Waals surface area contributed by atoms with Crippen LogP contribution in [0, 0.1) is 17.8 Å². The molecule has 0 aromatic carbocycles. The van der Waals surface area contributed by atoms with E-state index in [4.69, 9.17) is 10.5 Å². The highest BCUT2D eigenvalue weighted by molar-refractivity contribution is 5.79. The number of nitrogens with one attached hydrogen (secondary N) is 1. The van der Waals surface area contributed by atoms with E-state index < -0.39 is 0 Å². The van der Waals surface area contributed by atoms with Gasteiger partial charge < -0.3 is 15.8 Å². The van der Waals surface area contributed by atoms with Crippen molar-refractivity contribution in [3.05, 3.63) is 0 Å². The molecule has 1 saturated heterocycles. The van der Waals surface area contributed by atoms with E-state index in [0.717, 1.165) is 25.9 Å². The smallest absolute Gasteiger partial charge is 0.225 e. The first kappa shape index (κ1) is 12.4. The fourth-order valence-corrected chi connectivity index (χ4v) is 4.05. The monoisotopic (exact) mass is 252 g/mol. The van der Waals surface area contributed by atoms with Gasteiger partial charge in [0.25, 0.3) is 0 Å². The van der Waals surface area contributed by atoms with Gasteiger partial charge in [-0.3, -0.25) is 4.79 Å². The van der Waals surface area contributed by atoms with Gasteiger partial charge in [0, 0.05) is 18.7 Å². The summed E-state index contributed by atoms with van der Waals surface area (Å²) in [5.41, 5.74) is 6.11. The highest BCUT2D eigenvalue weighted by atomic mass is 16.5. The number of rotatable bonds is 2. The van der Waals surface area contributed by atoms with E-state index in [2.05, 4.69) is 5.32 Å². The van der Waals surface area contributed by atoms with Crippen LogP contribution in [0.25, 0.3) is 0 Å². The lowest BCUT2D eigenvalue weighted by Gasteiger charge is -2.45. The molecule has 1 aliphatic heterocycles. The molecule has 1 amide bonds. The largest absolute Gasteiger partial charge is 0.381 e. The van der Waals surface area contributed by atoms with Crippen LogP contribution in [-0.2, 0) is 9.53 Å². The predicted octanol–water partition coefficient (Wildman–Crippen LogP) is 1.05. The fourth-order valence-electron chi connectivity index (χ4n) is 4.05. The Hall–Kier alpha value is -0.610. The van der Waals surface area contributed by atoms with Gasteiger partial charge in [-0.05, 0) is 43.9 Å². The zero-order valence-corrected chi connectivity index (χ0v) is 10.9. The first-order valence-electron chi connectivity index (χ1n) is 7.37. The highest BCUT2D eigenvalue weighted by Crippen LogP contribution is 2.39. The standard InChI is InChI=1S/C14H24N2O2/c15-12-6-9-2-1-3-10(7-12)13(9)16-14(17)11-4-5-18-8-11/h9-13H,1-8,15H2,(H,16,17). The molecule has 3 atom stereocenters. The van der Waals surface area contributed by atoms with E-state index in [1.807, 2.05) is 0 Å². The van der Waals surface area contributed by atoms with E-state index >= 15 is 0 Å². The molecule has 0 aromatic rings. The molecule has 102 valence electrons. The van der Waals surface area contributed by atoms with Crippen molar-refractivity contribution in [3.8, 4) is 0 Å². The molecular formula is C14H24N2O2. The molecule has 0 radical (unpaired) electrons. The maximum absolute atomic E-state index is 12.2. The van der Waals surface area contributed by atoms with Gasteiger partial charge in [-0.15, -0.1) is 0 Å². The summed E-state index contributed by atoms with van der Waals surface area (Å²) >= 11 is 0. The maximum atomic E-state index is 12.2. The fraction of sp³-hybridized carbons (Fsp3) is 0.929. The number of ether oxygens (including phenoxy) is 1. The molecule has 3 N–H and O–H groups in total. The average molecular weight is 252 g/mol. The highest BCUT2D eigenvalue weighted by Gasteiger charge is 2.40. The molecule has 1 heterocycles. The first-order chi connectivity index (χ1) is 8.74. The number of hydrogen-bond acceptors (Lipinski definition) is 3. The van der Waals surface area contributed by atoms with Gasteiger partial charge in [-0.1, -0.05) is 6.42 Å². The summed E-state index contributed by atoms with van der Waals surface area (Å²) in [4.78, 5) is 12.2. The third-order valence-corrected chi connectivity index (χ3v) is 4.99. The Balaban J connectivity index is 1.62. The lowest BCUT2D eigenvalue weighted by molar-refractivity contribution is -0.127. The van der Waals surface area contributed by atoms with Crippen LogP contribution in [0.15, 0.2) is 0 Å². The molecular weight excluding hydrogens is 228 g/mol. The number of carbonyl (C=O) groups excluding carboxylic acids is 1. The van der Waals surface area contributed by atoms with Crippen molar-refractivity contribution in [1.29, 1.82) is 0 Å². The molecule has 3 unspecified atom stereocenters. The van der Waals surface area contributed by atoms with E-state index in [-0.39, 0.29) is 11.8 Å². The minimum Gasteiger partial charge on any atom is -0.381 e. The van der Waals surface area contributed by atoms with Crippen molar-refractivity contribution in [2.45, 2.75) is 50.6 Å². The van der Waals surface area contributed by atoms with Gasteiger partial charge in [-0.25, -0.2) is 0 Å². The zero-order valence-electron chi connectivity index (χ0n) is 10.9. The summed E-state index contributed by atoms with van der Waals surface area (Å²) in [6.07, 6.45) is 6.83. The lowest BCUT2D eigenvalue weighted by Crippen LogP contribution is -2.54. The molecule has 0 spiro atoms. The van der Waals surface area contributed by atoms with Crippen LogP contribution in [0.2, 0.25) is 0 Å². The van der Waals surface area contributed by atoms with E-state index in [1.54, 1.807) is 0 Å². The second-order valence-corrected chi connectivity index (χ2v) is 6.28. The Bertz CT molecular complexity index is 301. The van der Waals surface area contributed by atoms with Crippen molar-refractivity contribution in [3.63, 3.8) is 0 Å². The maximum Gasteiger partial charge on any atom is 0.225 e. The summed E-state index contributed by atoms with van der Waals surface area (Å²) in [5, 5.41) is 3.31. The molecule has 3 fully saturated rings. The van der Waals surface area contributed by atoms with Gasteiger partial charge in [-0.2, -0.15) is 0 Å². The second-order valence-electron chi connectivity index (χ2n) is 6.28. The van der Waals surface area contributed by atoms with Crippen molar-refractivity contribution < 1.29 is 9.53 Å². The van der Waals surface area contributed by atoms with Crippen LogP contribution in [0.3, 0.4) is 0 Å². The normalized spacial score (nSPS) is 43.7. The molecule has 0 aromatic heterocycles. The SMILES string of the molecule is NC1CC2CCCC(C1)C2NC(=O)C1CCOC1. The van der Waals surface area contributed by atoms with Crippen LogP contribution < -0.4 is 11.1 Å². The zero-order chi connectivity index (χ0) is 12.5. The van der Waals surface area contributed by atoms with Crippen LogP contribution in [0.4, 0.5) is 0 Å². The van der Waals surface area contributed by atoms with Gasteiger partial charge in [0.2, 0.25) is 5.91 Å². The summed E-state index contributed by atoms with van der Waals surface area (Å²) in [7, 11) is 0. The van der Waals surface area contributed by atoms with Crippen LogP contribution in [0.5, 0.6) is 0 Å². The van der Waals surface area contributed by atoms with E-state index in [9.17, 15) is 4.79 Å². The summed E-state index contributed by atoms with van der Waals surface area (Å²) in [5.74, 6) is 1.52. The Kier molecular flexibility index (Phi) is 3.57. The number of nitrogens with two attached hydrogens (primary N) is 1. The first-order valence-corrected chi connectivity index (χ1v) is 7.37. The summed E-state index contributed by atoms with van der Waals surface area (Å²) in [6.45, 7) is 1.34. The van der Waals surface area contributed by atoms with Gasteiger partial charge in [0.05, 0.1) is 12.5 Å². The topological polar surface area (TPSA) is 64.3 Å². The Morgan fingerprint density at radius 3 is 2.50 bits per heavy atom. The van der Waals surface area contributed by atoms with Crippen molar-refractivity contribution in [2.75, 3.05) is 13.2 Å². The van der Waals surface area contributed by atoms with E-state index in [0.29, 0.717) is 30.5 Å². The minimum absolute atomic E-state index is 0.0846. The molecule has 2 saturated carbocycles. The van der Waals surface area contributed by atoms with E-state index in [1.165, 1.54) is 19.3 Å². The molecule has 3 rings (SSSR count). The molecule has 18 heavy (non-hydrogen) atoms. The minimum atomic E-state index is 0.0846. The molecule has 3 aliphatic rings. The average Bonchev–Trinajstić information content (AvgIpc) is 2.83. The third-order valence-electron chi connectivity index (χ3n) is 4.99. The van der Waals surface area contributed by atoms with Crippen LogP contribution in [-0.4, -0.2) is 31.2 Å². The predicted molar refractivity (Wildman–Crippen MR) is 68.9 cm³/mol. The van der Waals surface area contributed by atoms with Crippen molar-refractivity contribution in [1.82, 2.24) is 5.32 Å². The Labute approximate surface area is 109 Å². The Morgan fingerprint density at radius 2 is 1.89 bits per heavy atom. The lowest BCUT2D eigenvalue weighted by atomic mass is 9.67.